The molecule has 0 saturated carbocycles. The molecule has 5 nitrogen and oxygen atoms in total. The van der Waals surface area contributed by atoms with E-state index >= 15 is 0 Å². The summed E-state index contributed by atoms with van der Waals surface area (Å²) in [6.45, 7) is 5.19. The fourth-order valence-corrected chi connectivity index (χ4v) is 3.73. The van der Waals surface area contributed by atoms with Crippen molar-refractivity contribution in [2.75, 3.05) is 33.4 Å². The smallest absolute Gasteiger partial charge is 0.251 e. The lowest BCUT2D eigenvalue weighted by molar-refractivity contribution is 0.0929. The first-order valence-electron chi connectivity index (χ1n) is 9.92. The summed E-state index contributed by atoms with van der Waals surface area (Å²) in [6.07, 6.45) is 3.73. The molecule has 1 fully saturated rings. The average Bonchev–Trinajstić information content (AvgIpc) is 2.71. The molecular formula is C22H30N2O3. The zero-order valence-electron chi connectivity index (χ0n) is 16.3. The lowest BCUT2D eigenvalue weighted by Crippen LogP contribution is -2.45. The van der Waals surface area contributed by atoms with Crippen LogP contribution in [0.25, 0.3) is 10.8 Å². The van der Waals surface area contributed by atoms with Crippen molar-refractivity contribution in [3.8, 4) is 5.75 Å². The molecule has 0 spiro atoms. The van der Waals surface area contributed by atoms with Gasteiger partial charge in [-0.2, -0.15) is 0 Å². The highest BCUT2D eigenvalue weighted by Gasteiger charge is 2.21. The van der Waals surface area contributed by atoms with Gasteiger partial charge in [0.25, 0.3) is 5.91 Å². The standard InChI is InChI=1S/C22H30N2O3/c1-3-17-18-9-4-5-10-19(18)21(27-13-7-12-26-2)14-20(17)22(25)24-16-8-6-11-23-15-16/h4-5,9-10,14,16,23H,3,6-8,11-13,15H2,1-2H3,(H,24,25)/t16-/m1/s1. The number of nitrogens with one attached hydrogen (secondary N) is 2. The third-order valence-corrected chi connectivity index (χ3v) is 5.10. The first kappa shape index (κ1) is 19.6. The highest BCUT2D eigenvalue weighted by Crippen LogP contribution is 2.32. The van der Waals surface area contributed by atoms with Crippen molar-refractivity contribution >= 4 is 16.7 Å². The molecule has 146 valence electrons. The van der Waals surface area contributed by atoms with Gasteiger partial charge in [-0.05, 0) is 42.8 Å². The number of carbonyl (C=O) groups excluding carboxylic acids is 1. The van der Waals surface area contributed by atoms with Crippen LogP contribution in [0, 0.1) is 0 Å². The summed E-state index contributed by atoms with van der Waals surface area (Å²) >= 11 is 0. The Morgan fingerprint density at radius 2 is 2.07 bits per heavy atom. The molecule has 0 aliphatic carbocycles. The van der Waals surface area contributed by atoms with Gasteiger partial charge in [0, 0.05) is 43.7 Å². The second kappa shape index (κ2) is 9.72. The summed E-state index contributed by atoms with van der Waals surface area (Å²) in [7, 11) is 1.69. The molecule has 2 aromatic carbocycles. The fraction of sp³-hybridized carbons (Fsp3) is 0.500. The van der Waals surface area contributed by atoms with Crippen LogP contribution in [0.4, 0.5) is 0 Å². The van der Waals surface area contributed by atoms with Crippen LogP contribution in [0.3, 0.4) is 0 Å². The third-order valence-electron chi connectivity index (χ3n) is 5.10. The van der Waals surface area contributed by atoms with E-state index in [-0.39, 0.29) is 11.9 Å². The van der Waals surface area contributed by atoms with E-state index in [1.807, 2.05) is 18.2 Å². The van der Waals surface area contributed by atoms with Gasteiger partial charge in [-0.25, -0.2) is 0 Å². The van der Waals surface area contributed by atoms with Crippen LogP contribution in [0.15, 0.2) is 30.3 Å². The molecule has 5 heteroatoms. The van der Waals surface area contributed by atoms with E-state index in [2.05, 4.69) is 29.7 Å². The van der Waals surface area contributed by atoms with Gasteiger partial charge in [0.15, 0.2) is 0 Å². The average molecular weight is 370 g/mol. The molecule has 1 atom stereocenters. The van der Waals surface area contributed by atoms with E-state index in [1.165, 1.54) is 0 Å². The molecule has 0 radical (unpaired) electrons. The van der Waals surface area contributed by atoms with Crippen LogP contribution in [-0.4, -0.2) is 45.4 Å². The number of piperidine rings is 1. The van der Waals surface area contributed by atoms with Crippen molar-refractivity contribution in [1.29, 1.82) is 0 Å². The Hall–Kier alpha value is -2.11. The van der Waals surface area contributed by atoms with Gasteiger partial charge in [0.2, 0.25) is 0 Å². The van der Waals surface area contributed by atoms with Crippen molar-refractivity contribution in [2.24, 2.45) is 0 Å². The summed E-state index contributed by atoms with van der Waals surface area (Å²) in [5.41, 5.74) is 1.81. The second-order valence-corrected chi connectivity index (χ2v) is 7.01. The number of ether oxygens (including phenoxy) is 2. The number of carbonyl (C=O) groups is 1. The molecule has 1 heterocycles. The van der Waals surface area contributed by atoms with Gasteiger partial charge in [0.05, 0.1) is 6.61 Å². The third kappa shape index (κ3) is 4.79. The maximum Gasteiger partial charge on any atom is 0.251 e. The molecule has 0 unspecified atom stereocenters. The van der Waals surface area contributed by atoms with Crippen LogP contribution < -0.4 is 15.4 Å². The molecule has 2 aromatic rings. The zero-order valence-corrected chi connectivity index (χ0v) is 16.3. The van der Waals surface area contributed by atoms with Crippen molar-refractivity contribution in [1.82, 2.24) is 10.6 Å². The second-order valence-electron chi connectivity index (χ2n) is 7.01. The predicted octanol–water partition coefficient (Wildman–Crippen LogP) is 3.30. The van der Waals surface area contributed by atoms with Gasteiger partial charge in [-0.3, -0.25) is 4.79 Å². The first-order chi connectivity index (χ1) is 13.2. The summed E-state index contributed by atoms with van der Waals surface area (Å²) < 4.78 is 11.1. The zero-order chi connectivity index (χ0) is 19.1. The molecule has 2 N–H and O–H groups in total. The summed E-state index contributed by atoms with van der Waals surface area (Å²) in [6, 6.07) is 10.3. The van der Waals surface area contributed by atoms with E-state index in [1.54, 1.807) is 7.11 Å². The summed E-state index contributed by atoms with van der Waals surface area (Å²) in [5, 5.41) is 8.70. The number of hydrogen-bond acceptors (Lipinski definition) is 4. The fourth-order valence-electron chi connectivity index (χ4n) is 3.73. The highest BCUT2D eigenvalue weighted by molar-refractivity contribution is 6.04. The van der Waals surface area contributed by atoms with Gasteiger partial charge in [0.1, 0.15) is 5.75 Å². The lowest BCUT2D eigenvalue weighted by Gasteiger charge is -2.25. The van der Waals surface area contributed by atoms with Crippen molar-refractivity contribution < 1.29 is 14.3 Å². The molecule has 1 aliphatic rings. The van der Waals surface area contributed by atoms with E-state index in [4.69, 9.17) is 9.47 Å². The van der Waals surface area contributed by atoms with E-state index in [0.29, 0.717) is 13.2 Å². The Kier molecular flexibility index (Phi) is 7.07. The van der Waals surface area contributed by atoms with Crippen LogP contribution in [0.1, 0.15) is 42.1 Å². The van der Waals surface area contributed by atoms with Crippen LogP contribution in [-0.2, 0) is 11.2 Å². The van der Waals surface area contributed by atoms with Gasteiger partial charge >= 0.3 is 0 Å². The van der Waals surface area contributed by atoms with Crippen LogP contribution in [0.5, 0.6) is 5.75 Å². The molecular weight excluding hydrogens is 340 g/mol. The number of amides is 1. The number of rotatable bonds is 8. The number of benzene rings is 2. The summed E-state index contributed by atoms with van der Waals surface area (Å²) in [4.78, 5) is 13.1. The number of fused-ring (bicyclic) bond motifs is 1. The quantitative estimate of drug-likeness (QED) is 0.700. The van der Waals surface area contributed by atoms with E-state index in [9.17, 15) is 4.79 Å². The van der Waals surface area contributed by atoms with Gasteiger partial charge < -0.3 is 20.1 Å². The Morgan fingerprint density at radius 3 is 2.78 bits per heavy atom. The highest BCUT2D eigenvalue weighted by atomic mass is 16.5. The molecule has 0 bridgehead atoms. The first-order valence-corrected chi connectivity index (χ1v) is 9.92. The molecule has 27 heavy (non-hydrogen) atoms. The monoisotopic (exact) mass is 370 g/mol. The normalized spacial score (nSPS) is 17.0. The minimum Gasteiger partial charge on any atom is -0.493 e. The molecule has 1 aliphatic heterocycles. The minimum absolute atomic E-state index is 0.00644. The lowest BCUT2D eigenvalue weighted by atomic mass is 9.95. The molecule has 3 rings (SSSR count). The summed E-state index contributed by atoms with van der Waals surface area (Å²) in [5.74, 6) is 0.763. The molecule has 0 aromatic heterocycles. The Morgan fingerprint density at radius 1 is 1.26 bits per heavy atom. The van der Waals surface area contributed by atoms with Crippen molar-refractivity contribution in [3.63, 3.8) is 0 Å². The predicted molar refractivity (Wildman–Crippen MR) is 109 cm³/mol. The van der Waals surface area contributed by atoms with Crippen LogP contribution in [0.2, 0.25) is 0 Å². The minimum atomic E-state index is -0.00644. The Bertz CT molecular complexity index is 769. The number of aryl methyl sites for hydroxylation is 1. The number of hydrogen-bond donors (Lipinski definition) is 2. The Balaban J connectivity index is 1.91. The van der Waals surface area contributed by atoms with Crippen molar-refractivity contribution in [2.45, 2.75) is 38.6 Å². The van der Waals surface area contributed by atoms with Gasteiger partial charge in [-0.15, -0.1) is 0 Å². The van der Waals surface area contributed by atoms with E-state index in [0.717, 1.165) is 66.4 Å². The van der Waals surface area contributed by atoms with Crippen LogP contribution >= 0.6 is 0 Å². The largest absolute Gasteiger partial charge is 0.493 e. The Labute approximate surface area is 161 Å². The SMILES string of the molecule is CCc1c(C(=O)N[C@@H]2CCCNC2)cc(OCCCOC)c2ccccc12. The maximum absolute atomic E-state index is 13.1. The topological polar surface area (TPSA) is 59.6 Å². The molecule has 1 saturated heterocycles. The van der Waals surface area contributed by atoms with Gasteiger partial charge in [-0.1, -0.05) is 31.2 Å². The number of methoxy groups -OCH3 is 1. The molecule has 1 amide bonds. The van der Waals surface area contributed by atoms with E-state index < -0.39 is 0 Å². The maximum atomic E-state index is 13.1. The van der Waals surface area contributed by atoms with Crippen molar-refractivity contribution in [3.05, 3.63) is 41.5 Å².